The highest BCUT2D eigenvalue weighted by Crippen LogP contribution is 2.72. The molecule has 0 radical (unpaired) electrons. The number of fused-ring (bicyclic) bond motifs is 10. The Morgan fingerprint density at radius 2 is 1.00 bits per heavy atom. The molecule has 2 aromatic rings. The molecule has 2 aromatic heterocycles. The molecule has 0 bridgehead atoms. The number of hydrogen-bond donors (Lipinski definition) is 0. The van der Waals surface area contributed by atoms with Gasteiger partial charge in [0.1, 0.15) is 0 Å². The Hall–Kier alpha value is -1.86. The maximum absolute atomic E-state index is 6.06. The Labute approximate surface area is 200 Å². The minimum absolute atomic E-state index is 0.113. The van der Waals surface area contributed by atoms with E-state index < -0.39 is 11.6 Å². The Balaban J connectivity index is 1.08. The average Bonchev–Trinajstić information content (AvgIpc) is 3.42. The lowest BCUT2D eigenvalue weighted by Crippen LogP contribution is -2.42. The van der Waals surface area contributed by atoms with Crippen molar-refractivity contribution in [3.63, 3.8) is 0 Å². The molecule has 2 spiro atoms. The first-order valence-electron chi connectivity index (χ1n) is 12.8. The van der Waals surface area contributed by atoms with Crippen molar-refractivity contribution in [2.45, 2.75) is 63.9 Å². The summed E-state index contributed by atoms with van der Waals surface area (Å²) in [6.45, 7) is 11.1. The lowest BCUT2D eigenvalue weighted by atomic mass is 9.93. The summed E-state index contributed by atoms with van der Waals surface area (Å²) in [5.41, 5.74) is 7.45. The summed E-state index contributed by atoms with van der Waals surface area (Å²) < 4.78 is 24.2. The highest BCUT2D eigenvalue weighted by atomic mass is 16.7. The monoisotopic (exact) mass is 460 g/mol. The van der Waals surface area contributed by atoms with Crippen molar-refractivity contribution in [3.05, 3.63) is 46.8 Å². The maximum Gasteiger partial charge on any atom is 0.162 e. The van der Waals surface area contributed by atoms with E-state index in [9.17, 15) is 0 Å². The fraction of sp³-hybridized carbons (Fsp3) is 0.643. The Bertz CT molecular complexity index is 1120. The van der Waals surface area contributed by atoms with Gasteiger partial charge in [-0.15, -0.1) is 0 Å². The van der Waals surface area contributed by atoms with E-state index in [1.165, 1.54) is 22.5 Å². The molecule has 4 aliphatic carbocycles. The summed E-state index contributed by atoms with van der Waals surface area (Å²) in [5.74, 6) is 1.13. The summed E-state index contributed by atoms with van der Waals surface area (Å²) in [7, 11) is 0. The molecule has 178 valence electrons. The first kappa shape index (κ1) is 20.3. The van der Waals surface area contributed by atoms with Crippen LogP contribution < -0.4 is 0 Å². The highest BCUT2D eigenvalue weighted by molar-refractivity contribution is 5.60. The van der Waals surface area contributed by atoms with Crippen LogP contribution in [0.15, 0.2) is 24.3 Å². The Morgan fingerprint density at radius 1 is 0.618 bits per heavy atom. The minimum Gasteiger partial charge on any atom is -0.350 e. The molecule has 0 amide bonds. The fourth-order valence-corrected chi connectivity index (χ4v) is 7.56. The first-order chi connectivity index (χ1) is 16.2. The van der Waals surface area contributed by atoms with Crippen molar-refractivity contribution in [1.29, 1.82) is 0 Å². The highest BCUT2D eigenvalue weighted by Gasteiger charge is 2.72. The molecule has 6 aliphatic rings. The van der Waals surface area contributed by atoms with Crippen LogP contribution in [0.3, 0.4) is 0 Å². The van der Waals surface area contributed by atoms with E-state index in [4.69, 9.17) is 28.9 Å². The van der Waals surface area contributed by atoms with Gasteiger partial charge in [-0.1, -0.05) is 12.1 Å². The van der Waals surface area contributed by atoms with Crippen LogP contribution >= 0.6 is 0 Å². The van der Waals surface area contributed by atoms with Gasteiger partial charge in [-0.2, -0.15) is 0 Å². The lowest BCUT2D eigenvalue weighted by molar-refractivity contribution is -0.271. The number of aromatic nitrogens is 2. The molecule has 34 heavy (non-hydrogen) atoms. The molecule has 8 rings (SSSR count). The van der Waals surface area contributed by atoms with Gasteiger partial charge in [-0.3, -0.25) is 9.97 Å². The van der Waals surface area contributed by atoms with Gasteiger partial charge in [-0.25, -0.2) is 0 Å². The predicted octanol–water partition coefficient (Wildman–Crippen LogP) is 4.22. The third-order valence-corrected chi connectivity index (χ3v) is 9.81. The van der Waals surface area contributed by atoms with Crippen LogP contribution in [0, 0.1) is 22.7 Å². The van der Waals surface area contributed by atoms with Gasteiger partial charge in [0, 0.05) is 34.1 Å². The molecule has 0 aromatic carbocycles. The van der Waals surface area contributed by atoms with Crippen LogP contribution in [0.2, 0.25) is 0 Å². The third-order valence-electron chi connectivity index (χ3n) is 9.81. The summed E-state index contributed by atoms with van der Waals surface area (Å²) in [4.78, 5) is 10.4. The molecular weight excluding hydrogens is 428 g/mol. The van der Waals surface area contributed by atoms with Gasteiger partial charge in [0.05, 0.1) is 37.8 Å². The van der Waals surface area contributed by atoms with Crippen LogP contribution in [0.4, 0.5) is 0 Å². The molecule has 0 N–H and O–H groups in total. The number of rotatable bonds is 1. The number of nitrogens with zero attached hydrogens (tertiary/aromatic N) is 2. The Kier molecular flexibility index (Phi) is 3.65. The zero-order valence-electron chi connectivity index (χ0n) is 20.4. The molecule has 2 saturated carbocycles. The van der Waals surface area contributed by atoms with E-state index in [1.54, 1.807) is 0 Å². The van der Waals surface area contributed by atoms with Crippen molar-refractivity contribution < 1.29 is 18.9 Å². The molecule has 4 atom stereocenters. The van der Waals surface area contributed by atoms with Gasteiger partial charge >= 0.3 is 0 Å². The largest absolute Gasteiger partial charge is 0.350 e. The van der Waals surface area contributed by atoms with E-state index >= 15 is 0 Å². The molecule has 0 unspecified atom stereocenters. The van der Waals surface area contributed by atoms with Crippen LogP contribution in [-0.2, 0) is 31.8 Å². The second-order valence-corrected chi connectivity index (χ2v) is 12.5. The van der Waals surface area contributed by atoms with E-state index in [2.05, 4.69) is 24.3 Å². The third kappa shape index (κ3) is 2.55. The maximum atomic E-state index is 6.06. The second kappa shape index (κ2) is 6.09. The standard InChI is InChI=1S/C28H32N2O4/c1-25(2)31-11-27(12-32-25)17-9-15-5-7-19(29-23(15)21(17)27)20-8-6-16-10-18-22(24(16)30-20)28(18)13-33-26(3,4)34-14-28/h5-8,17-18,21-22H,9-14H2,1-4H3/t17-,18-,21-,22-/m0/s1. The van der Waals surface area contributed by atoms with Crippen LogP contribution in [0.25, 0.3) is 11.4 Å². The molecule has 2 saturated heterocycles. The number of pyridine rings is 2. The lowest BCUT2D eigenvalue weighted by Gasteiger charge is -2.37. The van der Waals surface area contributed by atoms with E-state index in [0.717, 1.165) is 50.7 Å². The average molecular weight is 461 g/mol. The van der Waals surface area contributed by atoms with Gasteiger partial charge < -0.3 is 18.9 Å². The van der Waals surface area contributed by atoms with Crippen LogP contribution in [0.1, 0.15) is 62.0 Å². The smallest absolute Gasteiger partial charge is 0.162 e. The number of hydrogen-bond acceptors (Lipinski definition) is 6. The van der Waals surface area contributed by atoms with Gasteiger partial charge in [0.2, 0.25) is 0 Å². The topological polar surface area (TPSA) is 62.7 Å². The SMILES string of the molecule is CC1(C)OCC2(CO1)[C@@H]1c3nc(-c4ccc5c(n4)[C@@H]4[C@H](C5)C45COC(C)(C)OC5)ccc3C[C@@H]12. The molecule has 6 heteroatoms. The van der Waals surface area contributed by atoms with E-state index in [1.807, 2.05) is 27.7 Å². The molecule has 6 nitrogen and oxygen atoms in total. The summed E-state index contributed by atoms with van der Waals surface area (Å²) in [6, 6.07) is 8.86. The second-order valence-electron chi connectivity index (χ2n) is 12.5. The molecule has 2 aliphatic heterocycles. The van der Waals surface area contributed by atoms with Crippen molar-refractivity contribution in [1.82, 2.24) is 9.97 Å². The summed E-state index contributed by atoms with van der Waals surface area (Å²) in [6.07, 6.45) is 2.17. The quantitative estimate of drug-likeness (QED) is 0.635. The first-order valence-corrected chi connectivity index (χ1v) is 12.8. The van der Waals surface area contributed by atoms with Gasteiger partial charge in [0.15, 0.2) is 11.6 Å². The molecular formula is C28H32N2O4. The van der Waals surface area contributed by atoms with Crippen LogP contribution in [0.5, 0.6) is 0 Å². The van der Waals surface area contributed by atoms with Crippen molar-refractivity contribution in [3.8, 4) is 11.4 Å². The summed E-state index contributed by atoms with van der Waals surface area (Å²) in [5, 5.41) is 0. The predicted molar refractivity (Wildman–Crippen MR) is 124 cm³/mol. The van der Waals surface area contributed by atoms with Crippen molar-refractivity contribution in [2.75, 3.05) is 26.4 Å². The van der Waals surface area contributed by atoms with E-state index in [-0.39, 0.29) is 10.8 Å². The zero-order chi connectivity index (χ0) is 23.1. The van der Waals surface area contributed by atoms with Crippen molar-refractivity contribution in [2.24, 2.45) is 22.7 Å². The van der Waals surface area contributed by atoms with E-state index in [0.29, 0.717) is 23.7 Å². The fourth-order valence-electron chi connectivity index (χ4n) is 7.56. The molecule has 4 fully saturated rings. The van der Waals surface area contributed by atoms with Crippen LogP contribution in [-0.4, -0.2) is 48.0 Å². The summed E-state index contributed by atoms with van der Waals surface area (Å²) >= 11 is 0. The Morgan fingerprint density at radius 3 is 1.38 bits per heavy atom. The van der Waals surface area contributed by atoms with Crippen molar-refractivity contribution >= 4 is 0 Å². The number of ether oxygens (including phenoxy) is 4. The molecule has 4 heterocycles. The van der Waals surface area contributed by atoms with Gasteiger partial charge in [-0.05, 0) is 75.6 Å². The normalized spacial score (nSPS) is 36.0. The zero-order valence-corrected chi connectivity index (χ0v) is 20.4. The minimum atomic E-state index is -0.475. The van der Waals surface area contributed by atoms with Gasteiger partial charge in [0.25, 0.3) is 0 Å².